The lowest BCUT2D eigenvalue weighted by atomic mass is 10.1. The highest BCUT2D eigenvalue weighted by molar-refractivity contribution is 5.78. The minimum atomic E-state index is 0.465. The number of aliphatic imine (C=N–C) groups is 2. The predicted octanol–water partition coefficient (Wildman–Crippen LogP) is 0.535. The average Bonchev–Trinajstić information content (AvgIpc) is 2.44. The molecule has 1 aromatic rings. The molecule has 1 rings (SSSR count). The summed E-state index contributed by atoms with van der Waals surface area (Å²) in [6, 6.07) is 8.08. The zero-order valence-corrected chi connectivity index (χ0v) is 12.2. The van der Waals surface area contributed by atoms with Gasteiger partial charge in [-0.05, 0) is 25.0 Å². The van der Waals surface area contributed by atoms with Crippen LogP contribution in [0.15, 0.2) is 34.3 Å². The summed E-state index contributed by atoms with van der Waals surface area (Å²) < 4.78 is 0. The summed E-state index contributed by atoms with van der Waals surface area (Å²) in [6.45, 7) is 6.62. The summed E-state index contributed by atoms with van der Waals surface area (Å²) in [6.07, 6.45) is 0. The molecule has 0 aliphatic rings. The van der Waals surface area contributed by atoms with Crippen LogP contribution in [0.3, 0.4) is 0 Å². The zero-order chi connectivity index (χ0) is 14.8. The summed E-state index contributed by atoms with van der Waals surface area (Å²) >= 11 is 0. The van der Waals surface area contributed by atoms with Gasteiger partial charge in [-0.15, -0.1) is 0 Å². The van der Waals surface area contributed by atoms with Gasteiger partial charge >= 0.3 is 0 Å². The van der Waals surface area contributed by atoms with Crippen LogP contribution in [0.4, 0.5) is 0 Å². The van der Waals surface area contributed by atoms with Gasteiger partial charge in [0.2, 0.25) is 0 Å². The van der Waals surface area contributed by atoms with E-state index in [2.05, 4.69) is 26.7 Å². The van der Waals surface area contributed by atoms with E-state index in [1.807, 2.05) is 32.0 Å². The van der Waals surface area contributed by atoms with Crippen molar-refractivity contribution in [3.8, 4) is 0 Å². The van der Waals surface area contributed by atoms with E-state index in [0.717, 1.165) is 24.2 Å². The minimum Gasteiger partial charge on any atom is -0.370 e. The SMILES string of the molecule is CCNC(N)=NCc1cccc(CN=C(N)NCC)c1. The van der Waals surface area contributed by atoms with Crippen LogP contribution in [0.25, 0.3) is 0 Å². The van der Waals surface area contributed by atoms with Crippen molar-refractivity contribution in [3.63, 3.8) is 0 Å². The van der Waals surface area contributed by atoms with E-state index in [1.165, 1.54) is 0 Å². The smallest absolute Gasteiger partial charge is 0.188 e. The van der Waals surface area contributed by atoms with E-state index >= 15 is 0 Å². The van der Waals surface area contributed by atoms with Crippen molar-refractivity contribution in [3.05, 3.63) is 35.4 Å². The third-order valence-electron chi connectivity index (χ3n) is 2.57. The fraction of sp³-hybridized carbons (Fsp3) is 0.429. The molecule has 0 radical (unpaired) electrons. The molecule has 0 heterocycles. The molecular weight excluding hydrogens is 252 g/mol. The molecule has 0 atom stereocenters. The van der Waals surface area contributed by atoms with Crippen LogP contribution in [0, 0.1) is 0 Å². The van der Waals surface area contributed by atoms with Crippen molar-refractivity contribution in [2.24, 2.45) is 21.5 Å². The number of hydrogen-bond acceptors (Lipinski definition) is 2. The van der Waals surface area contributed by atoms with E-state index in [-0.39, 0.29) is 0 Å². The van der Waals surface area contributed by atoms with Crippen LogP contribution < -0.4 is 22.1 Å². The van der Waals surface area contributed by atoms with Gasteiger partial charge in [0.1, 0.15) is 0 Å². The number of nitrogens with one attached hydrogen (secondary N) is 2. The van der Waals surface area contributed by atoms with Gasteiger partial charge in [-0.3, -0.25) is 0 Å². The molecule has 0 aliphatic heterocycles. The van der Waals surface area contributed by atoms with Crippen LogP contribution >= 0.6 is 0 Å². The van der Waals surface area contributed by atoms with E-state index in [9.17, 15) is 0 Å². The highest BCUT2D eigenvalue weighted by Gasteiger charge is 1.97. The second-order valence-electron chi connectivity index (χ2n) is 4.28. The molecule has 0 bridgehead atoms. The van der Waals surface area contributed by atoms with Crippen LogP contribution in [0.2, 0.25) is 0 Å². The summed E-state index contributed by atoms with van der Waals surface area (Å²) in [5.74, 6) is 0.930. The molecule has 20 heavy (non-hydrogen) atoms. The van der Waals surface area contributed by atoms with Gasteiger partial charge in [0.05, 0.1) is 13.1 Å². The van der Waals surface area contributed by atoms with Gasteiger partial charge in [-0.1, -0.05) is 24.3 Å². The fourth-order valence-electron chi connectivity index (χ4n) is 1.65. The normalized spacial score (nSPS) is 12.3. The second-order valence-corrected chi connectivity index (χ2v) is 4.28. The molecule has 0 aromatic heterocycles. The molecule has 1 aromatic carbocycles. The van der Waals surface area contributed by atoms with Crippen LogP contribution in [0.5, 0.6) is 0 Å². The molecule has 0 unspecified atom stereocenters. The highest BCUT2D eigenvalue weighted by atomic mass is 15.1. The molecule has 0 amide bonds. The number of nitrogens with two attached hydrogens (primary N) is 2. The van der Waals surface area contributed by atoms with Crippen molar-refractivity contribution in [1.29, 1.82) is 0 Å². The Kier molecular flexibility index (Phi) is 6.95. The number of nitrogens with zero attached hydrogens (tertiary/aromatic N) is 2. The fourth-order valence-corrected chi connectivity index (χ4v) is 1.65. The second kappa shape index (κ2) is 8.79. The molecule has 110 valence electrons. The minimum absolute atomic E-state index is 0.465. The summed E-state index contributed by atoms with van der Waals surface area (Å²) in [4.78, 5) is 8.52. The maximum atomic E-state index is 5.69. The van der Waals surface area contributed by atoms with Crippen LogP contribution in [0.1, 0.15) is 25.0 Å². The van der Waals surface area contributed by atoms with Crippen molar-refractivity contribution in [2.45, 2.75) is 26.9 Å². The Morgan fingerprint density at radius 2 is 1.40 bits per heavy atom. The lowest BCUT2D eigenvalue weighted by molar-refractivity contribution is 0.917. The topological polar surface area (TPSA) is 101 Å². The highest BCUT2D eigenvalue weighted by Crippen LogP contribution is 2.07. The number of benzene rings is 1. The molecule has 6 nitrogen and oxygen atoms in total. The molecule has 6 heteroatoms. The van der Waals surface area contributed by atoms with Crippen LogP contribution in [-0.4, -0.2) is 25.0 Å². The first kappa shape index (κ1) is 15.8. The van der Waals surface area contributed by atoms with Crippen molar-refractivity contribution >= 4 is 11.9 Å². The first-order chi connectivity index (χ1) is 9.65. The molecule has 6 N–H and O–H groups in total. The number of hydrogen-bond donors (Lipinski definition) is 4. The summed E-state index contributed by atoms with van der Waals surface area (Å²) in [7, 11) is 0. The molecular formula is C14H24N6. The maximum absolute atomic E-state index is 5.69. The Morgan fingerprint density at radius 1 is 0.950 bits per heavy atom. The van der Waals surface area contributed by atoms with Gasteiger partial charge in [0.15, 0.2) is 11.9 Å². The van der Waals surface area contributed by atoms with Gasteiger partial charge in [-0.25, -0.2) is 9.98 Å². The van der Waals surface area contributed by atoms with Gasteiger partial charge < -0.3 is 22.1 Å². The third-order valence-corrected chi connectivity index (χ3v) is 2.57. The van der Waals surface area contributed by atoms with Crippen LogP contribution in [-0.2, 0) is 13.1 Å². The van der Waals surface area contributed by atoms with Crippen molar-refractivity contribution in [1.82, 2.24) is 10.6 Å². The van der Waals surface area contributed by atoms with Gasteiger partial charge in [0.25, 0.3) is 0 Å². The Balaban J connectivity index is 2.62. The monoisotopic (exact) mass is 276 g/mol. The quantitative estimate of drug-likeness (QED) is 0.450. The van der Waals surface area contributed by atoms with E-state index in [4.69, 9.17) is 11.5 Å². The molecule has 0 saturated heterocycles. The van der Waals surface area contributed by atoms with E-state index < -0.39 is 0 Å². The largest absolute Gasteiger partial charge is 0.370 e. The predicted molar refractivity (Wildman–Crippen MR) is 84.4 cm³/mol. The maximum Gasteiger partial charge on any atom is 0.188 e. The molecule has 0 saturated carbocycles. The zero-order valence-electron chi connectivity index (χ0n) is 12.2. The first-order valence-corrected chi connectivity index (χ1v) is 6.81. The lowest BCUT2D eigenvalue weighted by Gasteiger charge is -2.05. The van der Waals surface area contributed by atoms with Gasteiger partial charge in [0, 0.05) is 13.1 Å². The molecule has 0 spiro atoms. The Morgan fingerprint density at radius 3 is 1.80 bits per heavy atom. The summed E-state index contributed by atoms with van der Waals surface area (Å²) in [5.41, 5.74) is 13.6. The first-order valence-electron chi connectivity index (χ1n) is 6.81. The van der Waals surface area contributed by atoms with E-state index in [1.54, 1.807) is 0 Å². The average molecular weight is 276 g/mol. The van der Waals surface area contributed by atoms with E-state index in [0.29, 0.717) is 25.0 Å². The number of guanidine groups is 2. The number of rotatable bonds is 6. The Labute approximate surface area is 120 Å². The van der Waals surface area contributed by atoms with Crippen molar-refractivity contribution < 1.29 is 0 Å². The lowest BCUT2D eigenvalue weighted by Crippen LogP contribution is -2.31. The summed E-state index contributed by atoms with van der Waals surface area (Å²) in [5, 5.41) is 5.93. The Bertz CT molecular complexity index is 427. The van der Waals surface area contributed by atoms with Gasteiger partial charge in [-0.2, -0.15) is 0 Å². The molecule has 0 aliphatic carbocycles. The molecule has 0 fully saturated rings. The third kappa shape index (κ3) is 6.08. The van der Waals surface area contributed by atoms with Crippen molar-refractivity contribution in [2.75, 3.05) is 13.1 Å². The Hall–Kier alpha value is -2.24. The standard InChI is InChI=1S/C14H24N6/c1-3-17-13(15)19-9-11-6-5-7-12(8-11)10-20-14(16)18-4-2/h5-8H,3-4,9-10H2,1-2H3,(H3,15,17,19)(H3,16,18,20).